The lowest BCUT2D eigenvalue weighted by molar-refractivity contribution is 0.0620. The summed E-state index contributed by atoms with van der Waals surface area (Å²) in [5.74, 6) is 0.604. The normalized spacial score (nSPS) is 19.0. The fraction of sp³-hybridized carbons (Fsp3) is 0.500. The van der Waals surface area contributed by atoms with Crippen LogP contribution in [0.3, 0.4) is 0 Å². The van der Waals surface area contributed by atoms with Crippen molar-refractivity contribution in [3.63, 3.8) is 0 Å². The highest BCUT2D eigenvalue weighted by molar-refractivity contribution is 6.03. The van der Waals surface area contributed by atoms with Gasteiger partial charge in [0.15, 0.2) is 5.76 Å². The van der Waals surface area contributed by atoms with Crippen LogP contribution < -0.4 is 0 Å². The van der Waals surface area contributed by atoms with Gasteiger partial charge < -0.3 is 4.42 Å². The Kier molecular flexibility index (Phi) is 3.62. The molecule has 21 heavy (non-hydrogen) atoms. The summed E-state index contributed by atoms with van der Waals surface area (Å²) in [5.41, 5.74) is 1.53. The van der Waals surface area contributed by atoms with E-state index in [1.807, 2.05) is 25.1 Å². The van der Waals surface area contributed by atoms with Crippen LogP contribution >= 0.6 is 0 Å². The minimum Gasteiger partial charge on any atom is -0.453 e. The molecular weight excluding hydrogens is 262 g/mol. The summed E-state index contributed by atoms with van der Waals surface area (Å²) in [7, 11) is 0. The Morgan fingerprint density at radius 3 is 2.67 bits per heavy atom. The topological polar surface area (TPSA) is 33.5 Å². The van der Waals surface area contributed by atoms with Crippen molar-refractivity contribution < 1.29 is 9.21 Å². The third kappa shape index (κ3) is 2.40. The molecule has 0 bridgehead atoms. The van der Waals surface area contributed by atoms with Crippen molar-refractivity contribution in [1.82, 2.24) is 4.90 Å². The maximum Gasteiger partial charge on any atom is 0.217 e. The first kappa shape index (κ1) is 14.3. The zero-order valence-corrected chi connectivity index (χ0v) is 13.1. The lowest BCUT2D eigenvalue weighted by atomic mass is 9.89. The summed E-state index contributed by atoms with van der Waals surface area (Å²) in [6, 6.07) is 7.92. The Balaban J connectivity index is 1.97. The Hall–Kier alpha value is -1.61. The molecule has 0 aliphatic carbocycles. The number of furan rings is 1. The van der Waals surface area contributed by atoms with Crippen molar-refractivity contribution in [3.05, 3.63) is 35.6 Å². The molecule has 1 saturated heterocycles. The second-order valence-corrected chi connectivity index (χ2v) is 6.30. The predicted molar refractivity (Wildman–Crippen MR) is 84.8 cm³/mol. The number of hydrogen-bond acceptors (Lipinski definition) is 3. The van der Waals surface area contributed by atoms with Gasteiger partial charge in [-0.05, 0) is 64.4 Å². The van der Waals surface area contributed by atoms with Crippen molar-refractivity contribution in [2.75, 3.05) is 13.1 Å². The Bertz CT molecular complexity index is 667. The van der Waals surface area contributed by atoms with E-state index in [1.165, 1.54) is 18.4 Å². The van der Waals surface area contributed by atoms with E-state index in [0.717, 1.165) is 30.5 Å². The number of hydrogen-bond donors (Lipinski definition) is 0. The van der Waals surface area contributed by atoms with Gasteiger partial charge in [-0.1, -0.05) is 18.6 Å². The van der Waals surface area contributed by atoms with Gasteiger partial charge in [-0.3, -0.25) is 9.69 Å². The first-order chi connectivity index (χ1) is 10.0. The number of rotatable bonds is 4. The van der Waals surface area contributed by atoms with Gasteiger partial charge in [0.05, 0.1) is 5.54 Å². The van der Waals surface area contributed by atoms with Crippen LogP contribution in [0, 0.1) is 6.92 Å². The smallest absolute Gasteiger partial charge is 0.217 e. The summed E-state index contributed by atoms with van der Waals surface area (Å²) in [4.78, 5) is 15.3. The number of Topliss-reactive ketones (excluding diaryl/α,β-unsaturated/α-hetero) is 1. The van der Waals surface area contributed by atoms with E-state index < -0.39 is 5.54 Å². The van der Waals surface area contributed by atoms with Crippen LogP contribution in [0.15, 0.2) is 28.7 Å². The third-order valence-corrected chi connectivity index (χ3v) is 4.88. The summed E-state index contributed by atoms with van der Waals surface area (Å²) < 4.78 is 5.82. The number of benzene rings is 1. The third-order valence-electron chi connectivity index (χ3n) is 4.88. The van der Waals surface area contributed by atoms with Gasteiger partial charge in [0.25, 0.3) is 0 Å². The molecule has 1 unspecified atom stereocenters. The lowest BCUT2D eigenvalue weighted by Gasteiger charge is -2.35. The minimum atomic E-state index is -0.445. The molecular formula is C18H23NO2. The number of nitrogens with zero attached hydrogens (tertiary/aromatic N) is 1. The standard InChI is InChI=1S/C18H23NO2/c1-4-18(3,19-9-5-6-10-19)17(20)16-12-14-11-13(2)7-8-15(14)21-16/h7-8,11-12H,4-6,9-10H2,1-3H3. The Morgan fingerprint density at radius 1 is 1.29 bits per heavy atom. The molecule has 1 fully saturated rings. The van der Waals surface area contributed by atoms with Gasteiger partial charge in [0.1, 0.15) is 5.58 Å². The average molecular weight is 285 g/mol. The summed E-state index contributed by atoms with van der Waals surface area (Å²) >= 11 is 0. The number of likely N-dealkylation sites (tertiary alicyclic amines) is 1. The zero-order valence-electron chi connectivity index (χ0n) is 13.1. The number of ketones is 1. The van der Waals surface area contributed by atoms with Crippen molar-refractivity contribution >= 4 is 16.8 Å². The van der Waals surface area contributed by atoms with Gasteiger partial charge in [0, 0.05) is 5.39 Å². The number of carbonyl (C=O) groups is 1. The van der Waals surface area contributed by atoms with Crippen LogP contribution in [0.2, 0.25) is 0 Å². The molecule has 0 spiro atoms. The highest BCUT2D eigenvalue weighted by Crippen LogP contribution is 2.30. The number of aryl methyl sites for hydroxylation is 1. The van der Waals surface area contributed by atoms with Crippen molar-refractivity contribution in [2.45, 2.75) is 45.6 Å². The SMILES string of the molecule is CCC(C)(C(=O)c1cc2cc(C)ccc2o1)N1CCCC1. The molecule has 1 aliphatic rings. The summed E-state index contributed by atoms with van der Waals surface area (Å²) in [6.45, 7) is 8.21. The fourth-order valence-electron chi connectivity index (χ4n) is 3.28. The van der Waals surface area contributed by atoms with Crippen molar-refractivity contribution in [3.8, 4) is 0 Å². The van der Waals surface area contributed by atoms with E-state index in [0.29, 0.717) is 5.76 Å². The van der Waals surface area contributed by atoms with E-state index in [9.17, 15) is 4.79 Å². The van der Waals surface area contributed by atoms with Crippen LogP contribution in [0.4, 0.5) is 0 Å². The first-order valence-corrected chi connectivity index (χ1v) is 7.84. The lowest BCUT2D eigenvalue weighted by Crippen LogP contribution is -2.50. The molecule has 1 atom stereocenters. The molecule has 1 aliphatic heterocycles. The van der Waals surface area contributed by atoms with Crippen LogP contribution in [-0.4, -0.2) is 29.3 Å². The van der Waals surface area contributed by atoms with Gasteiger partial charge in [-0.15, -0.1) is 0 Å². The van der Waals surface area contributed by atoms with E-state index in [1.54, 1.807) is 0 Å². The molecule has 2 aromatic rings. The number of carbonyl (C=O) groups excluding carboxylic acids is 1. The molecule has 0 N–H and O–H groups in total. The molecule has 2 heterocycles. The van der Waals surface area contributed by atoms with E-state index in [2.05, 4.69) is 24.8 Å². The molecule has 3 nitrogen and oxygen atoms in total. The fourth-order valence-corrected chi connectivity index (χ4v) is 3.28. The summed E-state index contributed by atoms with van der Waals surface area (Å²) in [6.07, 6.45) is 3.17. The van der Waals surface area contributed by atoms with E-state index in [4.69, 9.17) is 4.42 Å². The molecule has 0 saturated carbocycles. The van der Waals surface area contributed by atoms with Gasteiger partial charge in [0.2, 0.25) is 5.78 Å². The zero-order chi connectivity index (χ0) is 15.0. The molecule has 1 aromatic heterocycles. The maximum atomic E-state index is 13.0. The molecule has 0 radical (unpaired) electrons. The quantitative estimate of drug-likeness (QED) is 0.790. The average Bonchev–Trinajstić information content (AvgIpc) is 3.14. The van der Waals surface area contributed by atoms with Gasteiger partial charge in [-0.25, -0.2) is 0 Å². The highest BCUT2D eigenvalue weighted by atomic mass is 16.3. The monoisotopic (exact) mass is 285 g/mol. The van der Waals surface area contributed by atoms with Crippen LogP contribution in [0.5, 0.6) is 0 Å². The van der Waals surface area contributed by atoms with Crippen molar-refractivity contribution in [1.29, 1.82) is 0 Å². The van der Waals surface area contributed by atoms with E-state index in [-0.39, 0.29) is 5.78 Å². The number of fused-ring (bicyclic) bond motifs is 1. The Labute approximate surface area is 125 Å². The molecule has 1 aromatic carbocycles. The van der Waals surface area contributed by atoms with Gasteiger partial charge in [-0.2, -0.15) is 0 Å². The highest BCUT2D eigenvalue weighted by Gasteiger charge is 2.40. The van der Waals surface area contributed by atoms with E-state index >= 15 is 0 Å². The van der Waals surface area contributed by atoms with Crippen LogP contribution in [-0.2, 0) is 0 Å². The van der Waals surface area contributed by atoms with Crippen LogP contribution in [0.25, 0.3) is 11.0 Å². The molecule has 0 amide bonds. The van der Waals surface area contributed by atoms with Crippen LogP contribution in [0.1, 0.15) is 49.2 Å². The maximum absolute atomic E-state index is 13.0. The largest absolute Gasteiger partial charge is 0.453 e. The molecule has 3 rings (SSSR count). The van der Waals surface area contributed by atoms with Crippen molar-refractivity contribution in [2.24, 2.45) is 0 Å². The minimum absolute atomic E-state index is 0.112. The second kappa shape index (κ2) is 5.30. The molecule has 112 valence electrons. The summed E-state index contributed by atoms with van der Waals surface area (Å²) in [5, 5.41) is 1.01. The van der Waals surface area contributed by atoms with Gasteiger partial charge >= 0.3 is 0 Å². The predicted octanol–water partition coefficient (Wildman–Crippen LogP) is 4.19. The first-order valence-electron chi connectivity index (χ1n) is 7.84. The second-order valence-electron chi connectivity index (χ2n) is 6.30. The Morgan fingerprint density at radius 2 is 2.00 bits per heavy atom. The molecule has 3 heteroatoms.